The monoisotopic (exact) mass is 324 g/mol. The van der Waals surface area contributed by atoms with Gasteiger partial charge in [0.2, 0.25) is 11.9 Å². The highest BCUT2D eigenvalue weighted by molar-refractivity contribution is 5.80. The highest BCUT2D eigenvalue weighted by Gasteiger charge is 2.42. The highest BCUT2D eigenvalue weighted by Crippen LogP contribution is 2.33. The van der Waals surface area contributed by atoms with Crippen molar-refractivity contribution in [2.75, 3.05) is 31.7 Å². The number of hydrogen-bond acceptors (Lipinski definition) is 6. The summed E-state index contributed by atoms with van der Waals surface area (Å²) in [6.07, 6.45) is 4.20. The molecule has 7 nitrogen and oxygen atoms in total. The Labute approximate surface area is 134 Å². The van der Waals surface area contributed by atoms with E-state index in [1.165, 1.54) is 12.4 Å². The first kappa shape index (κ1) is 16.1. The summed E-state index contributed by atoms with van der Waals surface area (Å²) in [5, 5.41) is 2.81. The number of carbonyl (C=O) groups excluding carboxylic acids is 1. The zero-order valence-electron chi connectivity index (χ0n) is 13.1. The Bertz CT molecular complexity index is 542. The van der Waals surface area contributed by atoms with Gasteiger partial charge in [-0.1, -0.05) is 0 Å². The minimum atomic E-state index is -0.447. The number of amides is 1. The standard InChI is InChI=1S/C15H21FN4O3/c1-22-7-5-17-14(21)13-3-2-11-12(23-13)4-6-20(11)15-18-8-10(16)9-19-15/h8-9,11-13H,2-7H2,1H3,(H,17,21)/t11-,12-,13+/m1/s1. The first-order valence-electron chi connectivity index (χ1n) is 7.85. The lowest BCUT2D eigenvalue weighted by Crippen LogP contribution is -2.48. The Balaban J connectivity index is 1.57. The van der Waals surface area contributed by atoms with Crippen LogP contribution in [0.2, 0.25) is 0 Å². The van der Waals surface area contributed by atoms with E-state index >= 15 is 0 Å². The molecule has 3 rings (SSSR count). The number of anilines is 1. The fourth-order valence-corrected chi connectivity index (χ4v) is 3.21. The lowest BCUT2D eigenvalue weighted by molar-refractivity contribution is -0.141. The molecular formula is C15H21FN4O3. The van der Waals surface area contributed by atoms with Gasteiger partial charge in [-0.2, -0.15) is 0 Å². The molecule has 2 saturated heterocycles. The number of halogens is 1. The molecule has 23 heavy (non-hydrogen) atoms. The summed E-state index contributed by atoms with van der Waals surface area (Å²) in [5.41, 5.74) is 0. The van der Waals surface area contributed by atoms with Crippen molar-refractivity contribution in [3.05, 3.63) is 18.2 Å². The minimum absolute atomic E-state index is 0.0180. The molecule has 1 amide bonds. The van der Waals surface area contributed by atoms with Gasteiger partial charge in [-0.25, -0.2) is 14.4 Å². The topological polar surface area (TPSA) is 76.6 Å². The lowest BCUT2D eigenvalue weighted by atomic mass is 9.99. The van der Waals surface area contributed by atoms with Crippen LogP contribution in [0.5, 0.6) is 0 Å². The van der Waals surface area contributed by atoms with Crippen LogP contribution in [0.4, 0.5) is 10.3 Å². The van der Waals surface area contributed by atoms with E-state index in [0.29, 0.717) is 25.5 Å². The van der Waals surface area contributed by atoms with Crippen LogP contribution in [0.15, 0.2) is 12.4 Å². The molecule has 1 aromatic heterocycles. The molecule has 126 valence electrons. The van der Waals surface area contributed by atoms with Crippen molar-refractivity contribution in [1.82, 2.24) is 15.3 Å². The lowest BCUT2D eigenvalue weighted by Gasteiger charge is -2.35. The molecule has 1 N–H and O–H groups in total. The van der Waals surface area contributed by atoms with E-state index in [1.807, 2.05) is 4.90 Å². The number of ether oxygens (including phenoxy) is 2. The van der Waals surface area contributed by atoms with Crippen molar-refractivity contribution < 1.29 is 18.7 Å². The second-order valence-electron chi connectivity index (χ2n) is 5.78. The molecule has 0 saturated carbocycles. The molecule has 0 unspecified atom stereocenters. The maximum Gasteiger partial charge on any atom is 0.249 e. The van der Waals surface area contributed by atoms with E-state index in [2.05, 4.69) is 15.3 Å². The van der Waals surface area contributed by atoms with Gasteiger partial charge in [0, 0.05) is 20.2 Å². The Kier molecular flexibility index (Phi) is 5.02. The van der Waals surface area contributed by atoms with Crippen molar-refractivity contribution in [1.29, 1.82) is 0 Å². The average Bonchev–Trinajstić information content (AvgIpc) is 2.99. The molecule has 0 aliphatic carbocycles. The van der Waals surface area contributed by atoms with Gasteiger partial charge >= 0.3 is 0 Å². The third-order valence-corrected chi connectivity index (χ3v) is 4.31. The largest absolute Gasteiger partial charge is 0.383 e. The van der Waals surface area contributed by atoms with E-state index in [-0.39, 0.29) is 18.1 Å². The van der Waals surface area contributed by atoms with E-state index in [1.54, 1.807) is 7.11 Å². The summed E-state index contributed by atoms with van der Waals surface area (Å²) >= 11 is 0. The molecule has 0 spiro atoms. The van der Waals surface area contributed by atoms with Gasteiger partial charge in [0.25, 0.3) is 0 Å². The molecule has 2 aliphatic rings. The number of nitrogens with zero attached hydrogens (tertiary/aromatic N) is 3. The number of nitrogens with one attached hydrogen (secondary N) is 1. The summed E-state index contributed by atoms with van der Waals surface area (Å²) in [4.78, 5) is 22.2. The van der Waals surface area contributed by atoms with Crippen LogP contribution < -0.4 is 10.2 Å². The molecule has 2 fully saturated rings. The third-order valence-electron chi connectivity index (χ3n) is 4.31. The summed E-state index contributed by atoms with van der Waals surface area (Å²) in [7, 11) is 1.60. The number of hydrogen-bond donors (Lipinski definition) is 1. The second kappa shape index (κ2) is 7.18. The molecule has 8 heteroatoms. The van der Waals surface area contributed by atoms with Crippen LogP contribution in [-0.4, -0.2) is 60.9 Å². The Hall–Kier alpha value is -1.80. The third kappa shape index (κ3) is 3.59. The molecule has 3 atom stereocenters. The van der Waals surface area contributed by atoms with Gasteiger partial charge in [-0.3, -0.25) is 4.79 Å². The molecule has 0 aromatic carbocycles. The van der Waals surface area contributed by atoms with E-state index in [9.17, 15) is 9.18 Å². The second-order valence-corrected chi connectivity index (χ2v) is 5.78. The summed E-state index contributed by atoms with van der Waals surface area (Å²) < 4.78 is 23.8. The van der Waals surface area contributed by atoms with Crippen molar-refractivity contribution in [2.45, 2.75) is 37.5 Å². The van der Waals surface area contributed by atoms with E-state index < -0.39 is 11.9 Å². The summed E-state index contributed by atoms with van der Waals surface area (Å²) in [6.45, 7) is 1.72. The fourth-order valence-electron chi connectivity index (χ4n) is 3.21. The number of methoxy groups -OCH3 is 1. The maximum absolute atomic E-state index is 13.0. The zero-order chi connectivity index (χ0) is 16.2. The molecule has 0 radical (unpaired) electrons. The van der Waals surface area contributed by atoms with Gasteiger partial charge in [-0.05, 0) is 19.3 Å². The smallest absolute Gasteiger partial charge is 0.249 e. The molecule has 3 heterocycles. The normalized spacial score (nSPS) is 26.9. The Morgan fingerprint density at radius 3 is 2.96 bits per heavy atom. The predicted molar refractivity (Wildman–Crippen MR) is 80.5 cm³/mol. The van der Waals surface area contributed by atoms with Crippen molar-refractivity contribution in [3.8, 4) is 0 Å². The molecule has 1 aromatic rings. The quantitative estimate of drug-likeness (QED) is 0.795. The van der Waals surface area contributed by atoms with Crippen LogP contribution in [0.1, 0.15) is 19.3 Å². The van der Waals surface area contributed by atoms with Gasteiger partial charge in [-0.15, -0.1) is 0 Å². The highest BCUT2D eigenvalue weighted by atomic mass is 19.1. The molecule has 2 aliphatic heterocycles. The fraction of sp³-hybridized carbons (Fsp3) is 0.667. The number of rotatable bonds is 5. The van der Waals surface area contributed by atoms with Gasteiger partial charge < -0.3 is 19.7 Å². The van der Waals surface area contributed by atoms with Crippen molar-refractivity contribution >= 4 is 11.9 Å². The zero-order valence-corrected chi connectivity index (χ0v) is 13.1. The predicted octanol–water partition coefficient (Wildman–Crippen LogP) is 0.505. The van der Waals surface area contributed by atoms with Gasteiger partial charge in [0.05, 0.1) is 31.1 Å². The minimum Gasteiger partial charge on any atom is -0.383 e. The summed E-state index contributed by atoms with van der Waals surface area (Å²) in [6, 6.07) is 0.142. The van der Waals surface area contributed by atoms with E-state index in [0.717, 1.165) is 19.4 Å². The first-order valence-corrected chi connectivity index (χ1v) is 7.85. The van der Waals surface area contributed by atoms with E-state index in [4.69, 9.17) is 9.47 Å². The van der Waals surface area contributed by atoms with Crippen LogP contribution >= 0.6 is 0 Å². The number of aromatic nitrogens is 2. The average molecular weight is 324 g/mol. The van der Waals surface area contributed by atoms with Gasteiger partial charge in [0.15, 0.2) is 5.82 Å². The molecular weight excluding hydrogens is 303 g/mol. The number of carbonyl (C=O) groups is 1. The number of fused-ring (bicyclic) bond motifs is 1. The Morgan fingerprint density at radius 2 is 2.22 bits per heavy atom. The SMILES string of the molecule is COCCNC(=O)[C@@H]1CC[C@@H]2[C@@H](CCN2c2ncc(F)cn2)O1. The first-order chi connectivity index (χ1) is 11.2. The van der Waals surface area contributed by atoms with Crippen LogP contribution in [0.3, 0.4) is 0 Å². The maximum atomic E-state index is 13.0. The summed E-state index contributed by atoms with van der Waals surface area (Å²) in [5.74, 6) is -0.0142. The van der Waals surface area contributed by atoms with Crippen LogP contribution in [-0.2, 0) is 14.3 Å². The Morgan fingerprint density at radius 1 is 1.43 bits per heavy atom. The van der Waals surface area contributed by atoms with Crippen LogP contribution in [0.25, 0.3) is 0 Å². The van der Waals surface area contributed by atoms with Crippen molar-refractivity contribution in [3.63, 3.8) is 0 Å². The van der Waals surface area contributed by atoms with Gasteiger partial charge in [0.1, 0.15) is 6.10 Å². The van der Waals surface area contributed by atoms with Crippen molar-refractivity contribution in [2.24, 2.45) is 0 Å². The van der Waals surface area contributed by atoms with Crippen LogP contribution in [0, 0.1) is 5.82 Å². The molecule has 0 bridgehead atoms.